The third-order valence-electron chi connectivity index (χ3n) is 4.27. The predicted octanol–water partition coefficient (Wildman–Crippen LogP) is 2.96. The Morgan fingerprint density at radius 1 is 1.31 bits per heavy atom. The minimum atomic E-state index is -0.325. The molecular formula is C19H27ClN4O2. The number of aromatic nitrogens is 2. The standard InChI is InChI=1S/C19H26N4O2.ClH/c1-19(2,3)25-17-8-6-5-7-16(17)22-18(24)15-11-20-10-14(15)13-9-21-23(4)12-13;/h5-9,12,14-15,20H,10-11H2,1-4H3,(H,22,24);1H/t14-,15+;/m1./s1. The number of hydrogen-bond acceptors (Lipinski definition) is 4. The zero-order valence-corrected chi connectivity index (χ0v) is 16.5. The summed E-state index contributed by atoms with van der Waals surface area (Å²) in [6.07, 6.45) is 3.82. The Morgan fingerprint density at radius 3 is 2.69 bits per heavy atom. The smallest absolute Gasteiger partial charge is 0.229 e. The van der Waals surface area contributed by atoms with Crippen molar-refractivity contribution in [1.82, 2.24) is 15.1 Å². The van der Waals surface area contributed by atoms with E-state index in [-0.39, 0.29) is 35.8 Å². The molecular weight excluding hydrogens is 352 g/mol. The molecule has 1 aliphatic rings. The summed E-state index contributed by atoms with van der Waals surface area (Å²) in [5, 5.41) is 10.6. The Morgan fingerprint density at radius 2 is 2.04 bits per heavy atom. The van der Waals surface area contributed by atoms with Gasteiger partial charge < -0.3 is 15.4 Å². The monoisotopic (exact) mass is 378 g/mol. The number of para-hydroxylation sites is 2. The maximum absolute atomic E-state index is 12.9. The molecule has 1 aromatic carbocycles. The van der Waals surface area contributed by atoms with Gasteiger partial charge in [0, 0.05) is 32.3 Å². The zero-order chi connectivity index (χ0) is 18.0. The number of amides is 1. The number of halogens is 1. The largest absolute Gasteiger partial charge is 0.486 e. The number of nitrogens with one attached hydrogen (secondary N) is 2. The first-order valence-electron chi connectivity index (χ1n) is 8.61. The van der Waals surface area contributed by atoms with Crippen LogP contribution in [0.3, 0.4) is 0 Å². The number of nitrogens with zero attached hydrogens (tertiary/aromatic N) is 2. The second kappa shape index (κ2) is 8.10. The van der Waals surface area contributed by atoms with Gasteiger partial charge in [-0.2, -0.15) is 5.10 Å². The van der Waals surface area contributed by atoms with Crippen LogP contribution in [0.15, 0.2) is 36.7 Å². The van der Waals surface area contributed by atoms with Crippen molar-refractivity contribution in [3.63, 3.8) is 0 Å². The molecule has 0 spiro atoms. The molecule has 0 bridgehead atoms. The number of rotatable bonds is 4. The lowest BCUT2D eigenvalue weighted by Crippen LogP contribution is -2.29. The van der Waals surface area contributed by atoms with Gasteiger partial charge in [-0.05, 0) is 38.5 Å². The van der Waals surface area contributed by atoms with E-state index in [1.54, 1.807) is 4.68 Å². The Kier molecular flexibility index (Phi) is 6.31. The van der Waals surface area contributed by atoms with Crippen LogP contribution in [0.5, 0.6) is 5.75 Å². The summed E-state index contributed by atoms with van der Waals surface area (Å²) in [6.45, 7) is 7.42. The van der Waals surface area contributed by atoms with E-state index < -0.39 is 0 Å². The van der Waals surface area contributed by atoms with Gasteiger partial charge in [-0.15, -0.1) is 12.4 Å². The van der Waals surface area contributed by atoms with E-state index in [1.807, 2.05) is 64.5 Å². The molecule has 0 aliphatic carbocycles. The van der Waals surface area contributed by atoms with Crippen molar-refractivity contribution in [3.8, 4) is 5.75 Å². The van der Waals surface area contributed by atoms with E-state index in [0.717, 1.165) is 12.1 Å². The normalized spacial score (nSPS) is 19.7. The van der Waals surface area contributed by atoms with E-state index in [4.69, 9.17) is 4.74 Å². The van der Waals surface area contributed by atoms with Crippen LogP contribution >= 0.6 is 12.4 Å². The summed E-state index contributed by atoms with van der Waals surface area (Å²) in [5.41, 5.74) is 1.47. The fourth-order valence-corrected chi connectivity index (χ4v) is 3.15. The maximum atomic E-state index is 12.9. The number of carbonyl (C=O) groups excluding carboxylic acids is 1. The minimum Gasteiger partial charge on any atom is -0.486 e. The summed E-state index contributed by atoms with van der Waals surface area (Å²) in [6, 6.07) is 7.57. The van der Waals surface area contributed by atoms with Crippen molar-refractivity contribution in [1.29, 1.82) is 0 Å². The van der Waals surface area contributed by atoms with E-state index in [1.165, 1.54) is 0 Å². The second-order valence-corrected chi connectivity index (χ2v) is 7.52. The van der Waals surface area contributed by atoms with Gasteiger partial charge in [-0.3, -0.25) is 9.48 Å². The third-order valence-corrected chi connectivity index (χ3v) is 4.27. The topological polar surface area (TPSA) is 68.2 Å². The fraction of sp³-hybridized carbons (Fsp3) is 0.474. The summed E-state index contributed by atoms with van der Waals surface area (Å²) >= 11 is 0. The van der Waals surface area contributed by atoms with Crippen molar-refractivity contribution < 1.29 is 9.53 Å². The van der Waals surface area contributed by atoms with Gasteiger partial charge in [-0.1, -0.05) is 12.1 Å². The minimum absolute atomic E-state index is 0. The summed E-state index contributed by atoms with van der Waals surface area (Å²) < 4.78 is 7.74. The fourth-order valence-electron chi connectivity index (χ4n) is 3.15. The lowest BCUT2D eigenvalue weighted by Gasteiger charge is -2.24. The number of benzene rings is 1. The van der Waals surface area contributed by atoms with Gasteiger partial charge in [0.15, 0.2) is 0 Å². The predicted molar refractivity (Wildman–Crippen MR) is 105 cm³/mol. The molecule has 1 aliphatic heterocycles. The molecule has 3 rings (SSSR count). The molecule has 2 heterocycles. The highest BCUT2D eigenvalue weighted by atomic mass is 35.5. The Bertz CT molecular complexity index is 754. The number of anilines is 1. The highest BCUT2D eigenvalue weighted by molar-refractivity contribution is 5.95. The SMILES string of the molecule is Cl.Cn1cc([C@H]2CNC[C@@H]2C(=O)Nc2ccccc2OC(C)(C)C)cn1. The van der Waals surface area contributed by atoms with Crippen LogP contribution in [0.2, 0.25) is 0 Å². The van der Waals surface area contributed by atoms with Crippen LogP contribution in [-0.2, 0) is 11.8 Å². The van der Waals surface area contributed by atoms with Crippen molar-refractivity contribution in [2.45, 2.75) is 32.3 Å². The van der Waals surface area contributed by atoms with E-state index >= 15 is 0 Å². The van der Waals surface area contributed by atoms with Gasteiger partial charge in [0.2, 0.25) is 5.91 Å². The zero-order valence-electron chi connectivity index (χ0n) is 15.7. The van der Waals surface area contributed by atoms with Gasteiger partial charge >= 0.3 is 0 Å². The second-order valence-electron chi connectivity index (χ2n) is 7.52. The van der Waals surface area contributed by atoms with Gasteiger partial charge in [0.1, 0.15) is 11.4 Å². The van der Waals surface area contributed by atoms with Crippen LogP contribution in [-0.4, -0.2) is 34.4 Å². The van der Waals surface area contributed by atoms with Gasteiger partial charge in [0.25, 0.3) is 0 Å². The van der Waals surface area contributed by atoms with Crippen LogP contribution in [0.1, 0.15) is 32.3 Å². The number of ether oxygens (including phenoxy) is 1. The summed E-state index contributed by atoms with van der Waals surface area (Å²) in [7, 11) is 1.89. The quantitative estimate of drug-likeness (QED) is 0.858. The Labute approximate surface area is 160 Å². The summed E-state index contributed by atoms with van der Waals surface area (Å²) in [4.78, 5) is 12.9. The first-order chi connectivity index (χ1) is 11.8. The molecule has 1 saturated heterocycles. The molecule has 1 aromatic heterocycles. The lowest BCUT2D eigenvalue weighted by atomic mass is 9.90. The molecule has 1 amide bonds. The number of aryl methyl sites for hydroxylation is 1. The average Bonchev–Trinajstić information content (AvgIpc) is 3.16. The Balaban J connectivity index is 0.00000243. The van der Waals surface area contributed by atoms with Crippen molar-refractivity contribution >= 4 is 24.0 Å². The van der Waals surface area contributed by atoms with Crippen molar-refractivity contribution in [2.24, 2.45) is 13.0 Å². The van der Waals surface area contributed by atoms with E-state index in [9.17, 15) is 4.79 Å². The van der Waals surface area contributed by atoms with E-state index in [0.29, 0.717) is 18.0 Å². The van der Waals surface area contributed by atoms with Gasteiger partial charge in [0.05, 0.1) is 17.8 Å². The maximum Gasteiger partial charge on any atom is 0.229 e. The molecule has 26 heavy (non-hydrogen) atoms. The van der Waals surface area contributed by atoms with Crippen LogP contribution in [0.4, 0.5) is 5.69 Å². The average molecular weight is 379 g/mol. The van der Waals surface area contributed by atoms with Crippen LogP contribution < -0.4 is 15.4 Å². The van der Waals surface area contributed by atoms with Gasteiger partial charge in [-0.25, -0.2) is 0 Å². The number of hydrogen-bond donors (Lipinski definition) is 2. The first kappa shape index (κ1) is 20.3. The van der Waals surface area contributed by atoms with Crippen molar-refractivity contribution in [2.75, 3.05) is 18.4 Å². The highest BCUT2D eigenvalue weighted by Gasteiger charge is 2.35. The Hall–Kier alpha value is -2.05. The highest BCUT2D eigenvalue weighted by Crippen LogP contribution is 2.32. The third kappa shape index (κ3) is 4.77. The number of carbonyl (C=O) groups is 1. The first-order valence-corrected chi connectivity index (χ1v) is 8.61. The molecule has 2 aromatic rings. The lowest BCUT2D eigenvalue weighted by molar-refractivity contribution is -0.119. The van der Waals surface area contributed by atoms with Crippen LogP contribution in [0, 0.1) is 5.92 Å². The molecule has 7 heteroatoms. The van der Waals surface area contributed by atoms with Crippen molar-refractivity contribution in [3.05, 3.63) is 42.2 Å². The van der Waals surface area contributed by atoms with Crippen LogP contribution in [0.25, 0.3) is 0 Å². The molecule has 0 radical (unpaired) electrons. The molecule has 0 saturated carbocycles. The molecule has 142 valence electrons. The summed E-state index contributed by atoms with van der Waals surface area (Å²) in [5.74, 6) is 0.687. The van der Waals surface area contributed by atoms with E-state index in [2.05, 4.69) is 15.7 Å². The molecule has 1 fully saturated rings. The molecule has 0 unspecified atom stereocenters. The molecule has 2 atom stereocenters. The molecule has 2 N–H and O–H groups in total. The molecule has 6 nitrogen and oxygen atoms in total.